The normalized spacial score (nSPS) is 20.4. The summed E-state index contributed by atoms with van der Waals surface area (Å²) in [6.07, 6.45) is 1.89. The molecule has 1 aromatic rings. The molecule has 0 bridgehead atoms. The van der Waals surface area contributed by atoms with Crippen molar-refractivity contribution in [2.45, 2.75) is 32.1 Å². The van der Waals surface area contributed by atoms with E-state index in [9.17, 15) is 9.59 Å². The maximum atomic E-state index is 12.3. The Labute approximate surface area is 119 Å². The SMILES string of the molecule is C[C@@H](CC(=O)N1CCC[C@H](C(=O)O)C1)c1ccccc1. The molecule has 0 radical (unpaired) electrons. The Bertz CT molecular complexity index is 472. The molecule has 2 rings (SSSR count). The highest BCUT2D eigenvalue weighted by Crippen LogP contribution is 2.22. The lowest BCUT2D eigenvalue weighted by Gasteiger charge is -2.31. The third-order valence-electron chi connectivity index (χ3n) is 3.97. The van der Waals surface area contributed by atoms with E-state index < -0.39 is 11.9 Å². The molecular weight excluding hydrogens is 254 g/mol. The predicted molar refractivity (Wildman–Crippen MR) is 76.4 cm³/mol. The van der Waals surface area contributed by atoms with E-state index in [0.29, 0.717) is 25.9 Å². The molecule has 1 aromatic carbocycles. The topological polar surface area (TPSA) is 57.6 Å². The number of likely N-dealkylation sites (tertiary alicyclic amines) is 1. The van der Waals surface area contributed by atoms with Gasteiger partial charge in [-0.05, 0) is 24.3 Å². The smallest absolute Gasteiger partial charge is 0.308 e. The number of carbonyl (C=O) groups excluding carboxylic acids is 1. The van der Waals surface area contributed by atoms with Gasteiger partial charge in [0.2, 0.25) is 5.91 Å². The minimum Gasteiger partial charge on any atom is -0.481 e. The van der Waals surface area contributed by atoms with E-state index >= 15 is 0 Å². The van der Waals surface area contributed by atoms with Crippen LogP contribution in [0.3, 0.4) is 0 Å². The molecule has 1 aliphatic rings. The number of hydrogen-bond donors (Lipinski definition) is 1. The number of piperidine rings is 1. The first-order chi connectivity index (χ1) is 9.58. The first kappa shape index (κ1) is 14.6. The number of rotatable bonds is 4. The fourth-order valence-corrected chi connectivity index (χ4v) is 2.70. The Morgan fingerprint density at radius 3 is 2.70 bits per heavy atom. The van der Waals surface area contributed by atoms with Crippen LogP contribution in [0.5, 0.6) is 0 Å². The first-order valence-corrected chi connectivity index (χ1v) is 7.13. The van der Waals surface area contributed by atoms with Crippen molar-refractivity contribution in [3.8, 4) is 0 Å². The van der Waals surface area contributed by atoms with Gasteiger partial charge >= 0.3 is 5.97 Å². The highest BCUT2D eigenvalue weighted by molar-refractivity contribution is 5.78. The first-order valence-electron chi connectivity index (χ1n) is 7.13. The second kappa shape index (κ2) is 6.55. The van der Waals surface area contributed by atoms with Gasteiger partial charge in [0.15, 0.2) is 0 Å². The fraction of sp³-hybridized carbons (Fsp3) is 0.500. The van der Waals surface area contributed by atoms with E-state index in [4.69, 9.17) is 5.11 Å². The van der Waals surface area contributed by atoms with Crippen molar-refractivity contribution in [3.63, 3.8) is 0 Å². The molecule has 1 saturated heterocycles. The van der Waals surface area contributed by atoms with Crippen molar-refractivity contribution >= 4 is 11.9 Å². The predicted octanol–water partition coefficient (Wildman–Crippen LogP) is 2.50. The van der Waals surface area contributed by atoms with Crippen LogP contribution in [0.15, 0.2) is 30.3 Å². The molecule has 1 heterocycles. The van der Waals surface area contributed by atoms with Gasteiger partial charge in [-0.1, -0.05) is 37.3 Å². The van der Waals surface area contributed by atoms with Crippen LogP contribution in [-0.2, 0) is 9.59 Å². The van der Waals surface area contributed by atoms with E-state index in [0.717, 1.165) is 12.0 Å². The third-order valence-corrected chi connectivity index (χ3v) is 3.97. The Kier molecular flexibility index (Phi) is 4.77. The molecule has 4 nitrogen and oxygen atoms in total. The summed E-state index contributed by atoms with van der Waals surface area (Å²) in [6, 6.07) is 9.94. The van der Waals surface area contributed by atoms with Gasteiger partial charge < -0.3 is 10.0 Å². The van der Waals surface area contributed by atoms with E-state index in [-0.39, 0.29) is 11.8 Å². The van der Waals surface area contributed by atoms with E-state index in [1.165, 1.54) is 0 Å². The van der Waals surface area contributed by atoms with E-state index in [1.807, 2.05) is 37.3 Å². The summed E-state index contributed by atoms with van der Waals surface area (Å²) in [6.45, 7) is 3.08. The molecule has 0 unspecified atom stereocenters. The highest BCUT2D eigenvalue weighted by Gasteiger charge is 2.28. The lowest BCUT2D eigenvalue weighted by atomic mass is 9.94. The van der Waals surface area contributed by atoms with Crippen LogP contribution in [-0.4, -0.2) is 35.0 Å². The summed E-state index contributed by atoms with van der Waals surface area (Å²) >= 11 is 0. The summed E-state index contributed by atoms with van der Waals surface area (Å²) in [4.78, 5) is 25.0. The van der Waals surface area contributed by atoms with Crippen LogP contribution in [0.1, 0.15) is 37.7 Å². The van der Waals surface area contributed by atoms with Gasteiger partial charge in [0.25, 0.3) is 0 Å². The maximum absolute atomic E-state index is 12.3. The Morgan fingerprint density at radius 2 is 2.05 bits per heavy atom. The minimum atomic E-state index is -0.793. The highest BCUT2D eigenvalue weighted by atomic mass is 16.4. The van der Waals surface area contributed by atoms with Gasteiger partial charge in [0.1, 0.15) is 0 Å². The number of nitrogens with zero attached hydrogens (tertiary/aromatic N) is 1. The monoisotopic (exact) mass is 275 g/mol. The number of hydrogen-bond acceptors (Lipinski definition) is 2. The molecule has 2 atom stereocenters. The average Bonchev–Trinajstić information content (AvgIpc) is 2.48. The van der Waals surface area contributed by atoms with Crippen LogP contribution in [0.25, 0.3) is 0 Å². The summed E-state index contributed by atoms with van der Waals surface area (Å²) in [5.74, 6) is -0.973. The number of carboxylic acids is 1. The van der Waals surface area contributed by atoms with Crippen LogP contribution >= 0.6 is 0 Å². The number of carbonyl (C=O) groups is 2. The molecule has 0 spiro atoms. The second-order valence-corrected chi connectivity index (χ2v) is 5.53. The van der Waals surface area contributed by atoms with Crippen LogP contribution in [0.2, 0.25) is 0 Å². The molecule has 108 valence electrons. The van der Waals surface area contributed by atoms with Gasteiger partial charge in [-0.3, -0.25) is 9.59 Å². The largest absolute Gasteiger partial charge is 0.481 e. The van der Waals surface area contributed by atoms with E-state index in [2.05, 4.69) is 0 Å². The van der Waals surface area contributed by atoms with Crippen molar-refractivity contribution in [2.75, 3.05) is 13.1 Å². The lowest BCUT2D eigenvalue weighted by Crippen LogP contribution is -2.42. The van der Waals surface area contributed by atoms with Crippen molar-refractivity contribution in [2.24, 2.45) is 5.92 Å². The minimum absolute atomic E-state index is 0.0623. The van der Waals surface area contributed by atoms with Crippen molar-refractivity contribution in [1.29, 1.82) is 0 Å². The lowest BCUT2D eigenvalue weighted by molar-refractivity contribution is -0.145. The molecule has 0 aromatic heterocycles. The molecule has 1 amide bonds. The molecule has 1 aliphatic heterocycles. The van der Waals surface area contributed by atoms with Crippen LogP contribution < -0.4 is 0 Å². The Hall–Kier alpha value is -1.84. The van der Waals surface area contributed by atoms with Crippen molar-refractivity contribution in [1.82, 2.24) is 4.90 Å². The number of aliphatic carboxylic acids is 1. The molecule has 1 N–H and O–H groups in total. The number of amides is 1. The second-order valence-electron chi connectivity index (χ2n) is 5.53. The zero-order valence-electron chi connectivity index (χ0n) is 11.8. The van der Waals surface area contributed by atoms with Crippen molar-refractivity contribution in [3.05, 3.63) is 35.9 Å². The zero-order valence-corrected chi connectivity index (χ0v) is 11.8. The average molecular weight is 275 g/mol. The molecule has 0 aliphatic carbocycles. The van der Waals surface area contributed by atoms with Crippen LogP contribution in [0.4, 0.5) is 0 Å². The van der Waals surface area contributed by atoms with Gasteiger partial charge in [0.05, 0.1) is 5.92 Å². The number of carboxylic acid groups (broad SMARTS) is 1. The number of benzene rings is 1. The summed E-state index contributed by atoms with van der Waals surface area (Å²) in [5.41, 5.74) is 1.15. The summed E-state index contributed by atoms with van der Waals surface area (Å²) in [7, 11) is 0. The van der Waals surface area contributed by atoms with Crippen molar-refractivity contribution < 1.29 is 14.7 Å². The third kappa shape index (κ3) is 3.59. The van der Waals surface area contributed by atoms with Gasteiger partial charge in [-0.2, -0.15) is 0 Å². The molecule has 0 saturated carbocycles. The van der Waals surface area contributed by atoms with Crippen LogP contribution in [0, 0.1) is 5.92 Å². The molecule has 4 heteroatoms. The maximum Gasteiger partial charge on any atom is 0.308 e. The van der Waals surface area contributed by atoms with E-state index in [1.54, 1.807) is 4.90 Å². The summed E-state index contributed by atoms with van der Waals surface area (Å²) < 4.78 is 0. The Morgan fingerprint density at radius 1 is 1.35 bits per heavy atom. The summed E-state index contributed by atoms with van der Waals surface area (Å²) in [5, 5.41) is 9.06. The fourth-order valence-electron chi connectivity index (χ4n) is 2.70. The standard InChI is InChI=1S/C16H21NO3/c1-12(13-6-3-2-4-7-13)10-15(18)17-9-5-8-14(11-17)16(19)20/h2-4,6-7,12,14H,5,8-11H2,1H3,(H,19,20)/t12-,14-/m0/s1. The Balaban J connectivity index is 1.93. The quantitative estimate of drug-likeness (QED) is 0.918. The van der Waals surface area contributed by atoms with Gasteiger partial charge in [0, 0.05) is 19.5 Å². The molecule has 20 heavy (non-hydrogen) atoms. The molecular formula is C16H21NO3. The zero-order chi connectivity index (χ0) is 14.5. The van der Waals surface area contributed by atoms with Gasteiger partial charge in [-0.15, -0.1) is 0 Å². The van der Waals surface area contributed by atoms with Gasteiger partial charge in [-0.25, -0.2) is 0 Å². The molecule has 1 fully saturated rings.